The van der Waals surface area contributed by atoms with Gasteiger partial charge in [0.05, 0.1) is 5.71 Å². The van der Waals surface area contributed by atoms with E-state index in [0.29, 0.717) is 0 Å². The first-order chi connectivity index (χ1) is 6.29. The van der Waals surface area contributed by atoms with Crippen LogP contribution in [0, 0.1) is 0 Å². The minimum Gasteiger partial charge on any atom is -0.399 e. The van der Waals surface area contributed by atoms with Crippen molar-refractivity contribution < 1.29 is 4.84 Å². The number of aryl methyl sites for hydroxylation is 1. The largest absolute Gasteiger partial charge is 0.399 e. The Morgan fingerprint density at radius 2 is 2.08 bits per heavy atom. The Balaban J connectivity index is 3.05. The van der Waals surface area contributed by atoms with Crippen molar-refractivity contribution in [3.63, 3.8) is 0 Å². The minimum absolute atomic E-state index is 0.931. The van der Waals surface area contributed by atoms with Crippen molar-refractivity contribution in [2.75, 3.05) is 7.11 Å². The Morgan fingerprint density at radius 1 is 1.38 bits per heavy atom. The molecule has 0 spiro atoms. The fraction of sp³-hybridized carbons (Fsp3) is 0.364. The van der Waals surface area contributed by atoms with Gasteiger partial charge in [0.15, 0.2) is 0 Å². The first kappa shape index (κ1) is 9.78. The Bertz CT molecular complexity index is 305. The third kappa shape index (κ3) is 2.31. The van der Waals surface area contributed by atoms with Gasteiger partial charge in [-0.2, -0.15) is 0 Å². The van der Waals surface area contributed by atoms with Crippen LogP contribution in [0.2, 0.25) is 0 Å². The molecule has 0 bridgehead atoms. The summed E-state index contributed by atoms with van der Waals surface area (Å²) in [6.07, 6.45) is 1.02. The maximum absolute atomic E-state index is 4.75. The average Bonchev–Trinajstić information content (AvgIpc) is 2.18. The van der Waals surface area contributed by atoms with Gasteiger partial charge < -0.3 is 4.84 Å². The monoisotopic (exact) mass is 177 g/mol. The van der Waals surface area contributed by atoms with Crippen LogP contribution in [-0.2, 0) is 11.3 Å². The van der Waals surface area contributed by atoms with E-state index in [-0.39, 0.29) is 0 Å². The van der Waals surface area contributed by atoms with E-state index < -0.39 is 0 Å². The van der Waals surface area contributed by atoms with E-state index in [0.717, 1.165) is 12.1 Å². The molecule has 2 heteroatoms. The second-order valence-electron chi connectivity index (χ2n) is 2.87. The lowest BCUT2D eigenvalue weighted by atomic mass is 10.0. The molecule has 0 heterocycles. The smallest absolute Gasteiger partial charge is 0.106 e. The van der Waals surface area contributed by atoms with E-state index in [1.807, 2.05) is 19.1 Å². The summed E-state index contributed by atoms with van der Waals surface area (Å²) < 4.78 is 0. The molecule has 0 aliphatic carbocycles. The molecule has 0 aliphatic heterocycles. The predicted molar refractivity (Wildman–Crippen MR) is 55.0 cm³/mol. The number of benzene rings is 1. The number of hydrogen-bond donors (Lipinski definition) is 0. The summed E-state index contributed by atoms with van der Waals surface area (Å²) in [6.45, 7) is 4.09. The SMILES string of the molecule is CCc1ccccc1C(C)=NOC. The van der Waals surface area contributed by atoms with Crippen molar-refractivity contribution in [1.82, 2.24) is 0 Å². The summed E-state index contributed by atoms with van der Waals surface area (Å²) in [5, 5.41) is 3.92. The highest BCUT2D eigenvalue weighted by molar-refractivity contribution is 5.99. The van der Waals surface area contributed by atoms with E-state index in [2.05, 4.69) is 24.2 Å². The molecule has 0 saturated heterocycles. The third-order valence-corrected chi connectivity index (χ3v) is 2.02. The van der Waals surface area contributed by atoms with Crippen LogP contribution < -0.4 is 0 Å². The molecule has 0 radical (unpaired) electrons. The van der Waals surface area contributed by atoms with Crippen LogP contribution in [0.1, 0.15) is 25.0 Å². The lowest BCUT2D eigenvalue weighted by Gasteiger charge is -2.05. The van der Waals surface area contributed by atoms with Crippen molar-refractivity contribution in [2.45, 2.75) is 20.3 Å². The summed E-state index contributed by atoms with van der Waals surface area (Å²) in [4.78, 5) is 4.75. The van der Waals surface area contributed by atoms with Crippen LogP contribution in [0.15, 0.2) is 29.4 Å². The van der Waals surface area contributed by atoms with Crippen LogP contribution in [0.5, 0.6) is 0 Å². The van der Waals surface area contributed by atoms with Crippen LogP contribution in [0.4, 0.5) is 0 Å². The summed E-state index contributed by atoms with van der Waals surface area (Å²) in [6, 6.07) is 8.24. The van der Waals surface area contributed by atoms with Crippen molar-refractivity contribution in [2.24, 2.45) is 5.16 Å². The number of hydrogen-bond acceptors (Lipinski definition) is 2. The average molecular weight is 177 g/mol. The van der Waals surface area contributed by atoms with E-state index in [1.165, 1.54) is 11.1 Å². The van der Waals surface area contributed by atoms with Crippen LogP contribution >= 0.6 is 0 Å². The van der Waals surface area contributed by atoms with Crippen molar-refractivity contribution >= 4 is 5.71 Å². The van der Waals surface area contributed by atoms with Crippen molar-refractivity contribution in [3.05, 3.63) is 35.4 Å². The molecule has 1 aromatic carbocycles. The summed E-state index contributed by atoms with van der Waals surface area (Å²) in [5.74, 6) is 0. The molecule has 0 atom stereocenters. The van der Waals surface area contributed by atoms with E-state index in [4.69, 9.17) is 4.84 Å². The van der Waals surface area contributed by atoms with Gasteiger partial charge >= 0.3 is 0 Å². The molecule has 1 rings (SSSR count). The molecule has 0 amide bonds. The zero-order chi connectivity index (χ0) is 9.68. The lowest BCUT2D eigenvalue weighted by molar-refractivity contribution is 0.213. The Morgan fingerprint density at radius 3 is 2.69 bits per heavy atom. The topological polar surface area (TPSA) is 21.6 Å². The maximum Gasteiger partial charge on any atom is 0.106 e. The number of nitrogens with zero attached hydrogens (tertiary/aromatic N) is 1. The Kier molecular flexibility index (Phi) is 3.50. The highest BCUT2D eigenvalue weighted by Gasteiger charge is 2.02. The van der Waals surface area contributed by atoms with E-state index in [1.54, 1.807) is 7.11 Å². The molecular weight excluding hydrogens is 162 g/mol. The molecule has 0 saturated carbocycles. The zero-order valence-electron chi connectivity index (χ0n) is 8.37. The quantitative estimate of drug-likeness (QED) is 0.513. The fourth-order valence-electron chi connectivity index (χ4n) is 1.37. The molecule has 1 aromatic rings. The van der Waals surface area contributed by atoms with Gasteiger partial charge in [0.1, 0.15) is 7.11 Å². The minimum atomic E-state index is 0.931. The third-order valence-electron chi connectivity index (χ3n) is 2.02. The molecule has 0 aliphatic rings. The Hall–Kier alpha value is -1.31. The van der Waals surface area contributed by atoms with Gasteiger partial charge in [-0.15, -0.1) is 0 Å². The molecular formula is C11H15NO. The van der Waals surface area contributed by atoms with Crippen molar-refractivity contribution in [3.8, 4) is 0 Å². The van der Waals surface area contributed by atoms with Crippen LogP contribution in [-0.4, -0.2) is 12.8 Å². The molecule has 0 N–H and O–H groups in total. The number of oxime groups is 1. The van der Waals surface area contributed by atoms with Gasteiger partial charge in [0, 0.05) is 5.56 Å². The normalized spacial score (nSPS) is 11.5. The Labute approximate surface area is 79.2 Å². The van der Waals surface area contributed by atoms with E-state index >= 15 is 0 Å². The van der Waals surface area contributed by atoms with Crippen LogP contribution in [0.25, 0.3) is 0 Å². The maximum atomic E-state index is 4.75. The number of rotatable bonds is 3. The highest BCUT2D eigenvalue weighted by atomic mass is 16.6. The highest BCUT2D eigenvalue weighted by Crippen LogP contribution is 2.10. The molecule has 0 aromatic heterocycles. The predicted octanol–water partition coefficient (Wildman–Crippen LogP) is 2.62. The molecule has 70 valence electrons. The second kappa shape index (κ2) is 4.65. The van der Waals surface area contributed by atoms with Crippen LogP contribution in [0.3, 0.4) is 0 Å². The van der Waals surface area contributed by atoms with Gasteiger partial charge in [-0.3, -0.25) is 0 Å². The molecule has 13 heavy (non-hydrogen) atoms. The van der Waals surface area contributed by atoms with Gasteiger partial charge in [0.2, 0.25) is 0 Å². The fourth-order valence-corrected chi connectivity index (χ4v) is 1.37. The first-order valence-electron chi connectivity index (χ1n) is 4.45. The molecule has 0 fully saturated rings. The zero-order valence-corrected chi connectivity index (χ0v) is 8.37. The summed E-state index contributed by atoms with van der Waals surface area (Å²) in [5.41, 5.74) is 3.41. The summed E-state index contributed by atoms with van der Waals surface area (Å²) >= 11 is 0. The van der Waals surface area contributed by atoms with Crippen molar-refractivity contribution in [1.29, 1.82) is 0 Å². The standard InChI is InChI=1S/C11H15NO/c1-4-10-7-5-6-8-11(10)9(2)12-13-3/h5-8H,4H2,1-3H3. The van der Waals surface area contributed by atoms with Gasteiger partial charge in [-0.25, -0.2) is 0 Å². The lowest BCUT2D eigenvalue weighted by Crippen LogP contribution is -2.00. The van der Waals surface area contributed by atoms with Gasteiger partial charge in [-0.05, 0) is 18.9 Å². The summed E-state index contributed by atoms with van der Waals surface area (Å²) in [7, 11) is 1.57. The second-order valence-corrected chi connectivity index (χ2v) is 2.87. The first-order valence-corrected chi connectivity index (χ1v) is 4.45. The van der Waals surface area contributed by atoms with Gasteiger partial charge in [0.25, 0.3) is 0 Å². The molecule has 2 nitrogen and oxygen atoms in total. The van der Waals surface area contributed by atoms with E-state index in [9.17, 15) is 0 Å². The van der Waals surface area contributed by atoms with Gasteiger partial charge in [-0.1, -0.05) is 36.3 Å². The molecule has 0 unspecified atom stereocenters.